The van der Waals surface area contributed by atoms with E-state index in [1.165, 1.54) is 0 Å². The van der Waals surface area contributed by atoms with Crippen LogP contribution in [0.4, 0.5) is 0 Å². The van der Waals surface area contributed by atoms with Crippen LogP contribution in [0.15, 0.2) is 60.7 Å². The molecule has 28 heavy (non-hydrogen) atoms. The Hall–Kier alpha value is -2.66. The van der Waals surface area contributed by atoms with Crippen LogP contribution in [0.2, 0.25) is 0 Å². The Morgan fingerprint density at radius 1 is 0.929 bits per heavy atom. The minimum absolute atomic E-state index is 0.0000679. The van der Waals surface area contributed by atoms with E-state index in [2.05, 4.69) is 41.5 Å². The maximum absolute atomic E-state index is 13.0. The summed E-state index contributed by atoms with van der Waals surface area (Å²) in [4.78, 5) is 30.1. The largest absolute Gasteiger partial charge is 0.345 e. The molecule has 2 fully saturated rings. The second-order valence-corrected chi connectivity index (χ2v) is 7.90. The number of nitrogens with one attached hydrogen (secondary N) is 1. The first-order chi connectivity index (χ1) is 13.6. The standard InChI is InChI=1S/C23H27N3O2/c1-25-14-12-23(13-15-25)22(28)24-16-21(27)26(23)17-20(18-8-4-2-5-9-18)19-10-6-3-7-11-19/h2-11,20H,12-17H2,1H3,(H,24,28). The first-order valence-corrected chi connectivity index (χ1v) is 9.97. The van der Waals surface area contributed by atoms with Crippen LogP contribution in [0.3, 0.4) is 0 Å². The third kappa shape index (κ3) is 3.42. The van der Waals surface area contributed by atoms with E-state index in [1.54, 1.807) is 0 Å². The van der Waals surface area contributed by atoms with E-state index in [0.29, 0.717) is 19.4 Å². The number of likely N-dealkylation sites (tertiary alicyclic amines) is 1. The molecule has 0 bridgehead atoms. The Morgan fingerprint density at radius 3 is 2.00 bits per heavy atom. The number of hydrogen-bond acceptors (Lipinski definition) is 3. The monoisotopic (exact) mass is 377 g/mol. The number of carbonyl (C=O) groups excluding carboxylic acids is 2. The molecule has 2 aromatic rings. The van der Waals surface area contributed by atoms with E-state index in [4.69, 9.17) is 0 Å². The fraction of sp³-hybridized carbons (Fsp3) is 0.391. The van der Waals surface area contributed by atoms with Gasteiger partial charge in [-0.25, -0.2) is 0 Å². The molecule has 2 aliphatic heterocycles. The Balaban J connectivity index is 1.71. The number of piperidine rings is 1. The molecule has 2 saturated heterocycles. The lowest BCUT2D eigenvalue weighted by molar-refractivity contribution is -0.157. The molecule has 0 aliphatic carbocycles. The van der Waals surface area contributed by atoms with Crippen LogP contribution < -0.4 is 5.32 Å². The quantitative estimate of drug-likeness (QED) is 0.889. The zero-order valence-corrected chi connectivity index (χ0v) is 16.3. The maximum atomic E-state index is 13.0. The van der Waals surface area contributed by atoms with E-state index < -0.39 is 5.54 Å². The smallest absolute Gasteiger partial charge is 0.246 e. The van der Waals surface area contributed by atoms with Crippen LogP contribution in [0.25, 0.3) is 0 Å². The van der Waals surface area contributed by atoms with Crippen molar-refractivity contribution in [1.82, 2.24) is 15.1 Å². The number of rotatable bonds is 4. The summed E-state index contributed by atoms with van der Waals surface area (Å²) < 4.78 is 0. The van der Waals surface area contributed by atoms with Crippen LogP contribution in [0.5, 0.6) is 0 Å². The molecule has 4 rings (SSSR count). The van der Waals surface area contributed by atoms with Crippen molar-refractivity contribution in [2.24, 2.45) is 0 Å². The molecule has 2 heterocycles. The molecule has 0 saturated carbocycles. The third-order valence-electron chi connectivity index (χ3n) is 6.22. The van der Waals surface area contributed by atoms with Crippen LogP contribution in [0.1, 0.15) is 29.9 Å². The predicted molar refractivity (Wildman–Crippen MR) is 109 cm³/mol. The fourth-order valence-electron chi connectivity index (χ4n) is 4.50. The van der Waals surface area contributed by atoms with Crippen LogP contribution in [0, 0.1) is 0 Å². The number of piperazine rings is 1. The Labute approximate surface area is 166 Å². The van der Waals surface area contributed by atoms with Gasteiger partial charge in [0.1, 0.15) is 5.54 Å². The van der Waals surface area contributed by atoms with Gasteiger partial charge in [-0.1, -0.05) is 60.7 Å². The van der Waals surface area contributed by atoms with Crippen molar-refractivity contribution in [3.05, 3.63) is 71.8 Å². The normalized spacial score (nSPS) is 19.9. The Morgan fingerprint density at radius 2 is 1.46 bits per heavy atom. The van der Waals surface area contributed by atoms with E-state index in [0.717, 1.165) is 24.2 Å². The molecule has 146 valence electrons. The van der Waals surface area contributed by atoms with Crippen molar-refractivity contribution >= 4 is 11.8 Å². The van der Waals surface area contributed by atoms with Gasteiger partial charge in [-0.15, -0.1) is 0 Å². The Kier molecular flexibility index (Phi) is 5.18. The lowest BCUT2D eigenvalue weighted by Gasteiger charge is -2.50. The lowest BCUT2D eigenvalue weighted by Crippen LogP contribution is -2.70. The van der Waals surface area contributed by atoms with Gasteiger partial charge in [0.25, 0.3) is 0 Å². The molecule has 1 spiro atoms. The molecule has 5 nitrogen and oxygen atoms in total. The zero-order chi connectivity index (χ0) is 19.6. The number of amides is 2. The van der Waals surface area contributed by atoms with Gasteiger partial charge >= 0.3 is 0 Å². The summed E-state index contributed by atoms with van der Waals surface area (Å²) in [6, 6.07) is 20.5. The zero-order valence-electron chi connectivity index (χ0n) is 16.3. The summed E-state index contributed by atoms with van der Waals surface area (Å²) in [7, 11) is 2.07. The molecule has 0 unspecified atom stereocenters. The van der Waals surface area contributed by atoms with Crippen LogP contribution in [-0.2, 0) is 9.59 Å². The van der Waals surface area contributed by atoms with Gasteiger partial charge in [0.05, 0.1) is 6.54 Å². The first kappa shape index (κ1) is 18.7. The SMILES string of the molecule is CN1CCC2(CC1)C(=O)NCC(=O)N2CC(c1ccccc1)c1ccccc1. The highest BCUT2D eigenvalue weighted by Crippen LogP contribution is 2.35. The highest BCUT2D eigenvalue weighted by atomic mass is 16.2. The average Bonchev–Trinajstić information content (AvgIpc) is 2.74. The van der Waals surface area contributed by atoms with Crippen molar-refractivity contribution in [2.75, 3.05) is 33.2 Å². The van der Waals surface area contributed by atoms with Gasteiger partial charge in [0, 0.05) is 25.6 Å². The number of hydrogen-bond donors (Lipinski definition) is 1. The van der Waals surface area contributed by atoms with Gasteiger partial charge in [-0.2, -0.15) is 0 Å². The summed E-state index contributed by atoms with van der Waals surface area (Å²) in [5.41, 5.74) is 1.59. The lowest BCUT2D eigenvalue weighted by atomic mass is 9.81. The molecule has 5 heteroatoms. The molecule has 2 aromatic carbocycles. The first-order valence-electron chi connectivity index (χ1n) is 9.97. The third-order valence-corrected chi connectivity index (χ3v) is 6.22. The molecular weight excluding hydrogens is 350 g/mol. The summed E-state index contributed by atoms with van der Waals surface area (Å²) in [6.45, 7) is 2.24. The van der Waals surface area contributed by atoms with Crippen molar-refractivity contribution in [3.8, 4) is 0 Å². The number of nitrogens with zero attached hydrogens (tertiary/aromatic N) is 2. The summed E-state index contributed by atoms with van der Waals surface area (Å²) in [5, 5.41) is 2.84. The van der Waals surface area contributed by atoms with Crippen LogP contribution >= 0.6 is 0 Å². The maximum Gasteiger partial charge on any atom is 0.246 e. The average molecular weight is 377 g/mol. The van der Waals surface area contributed by atoms with Crippen LogP contribution in [-0.4, -0.2) is 60.4 Å². The van der Waals surface area contributed by atoms with Gasteiger partial charge in [-0.05, 0) is 31.0 Å². The molecule has 1 N–H and O–H groups in total. The minimum atomic E-state index is -0.732. The van der Waals surface area contributed by atoms with Gasteiger partial charge in [-0.3, -0.25) is 9.59 Å². The van der Waals surface area contributed by atoms with E-state index in [9.17, 15) is 9.59 Å². The number of carbonyl (C=O) groups is 2. The van der Waals surface area contributed by atoms with Crippen molar-refractivity contribution in [1.29, 1.82) is 0 Å². The number of benzene rings is 2. The van der Waals surface area contributed by atoms with Gasteiger partial charge < -0.3 is 15.1 Å². The predicted octanol–water partition coefficient (Wildman–Crippen LogP) is 2.24. The van der Waals surface area contributed by atoms with Gasteiger partial charge in [0.2, 0.25) is 11.8 Å². The van der Waals surface area contributed by atoms with Gasteiger partial charge in [0.15, 0.2) is 0 Å². The van der Waals surface area contributed by atoms with E-state index in [1.807, 2.05) is 41.3 Å². The van der Waals surface area contributed by atoms with E-state index >= 15 is 0 Å². The fourth-order valence-corrected chi connectivity index (χ4v) is 4.50. The molecular formula is C23H27N3O2. The highest BCUT2D eigenvalue weighted by Gasteiger charge is 2.50. The minimum Gasteiger partial charge on any atom is -0.345 e. The van der Waals surface area contributed by atoms with Crippen molar-refractivity contribution in [3.63, 3.8) is 0 Å². The molecule has 2 aliphatic rings. The molecule has 0 radical (unpaired) electrons. The molecule has 2 amide bonds. The van der Waals surface area contributed by atoms with Crippen molar-refractivity contribution < 1.29 is 9.59 Å². The second kappa shape index (κ2) is 7.76. The molecule has 0 atom stereocenters. The summed E-state index contributed by atoms with van der Waals surface area (Å²) in [6.07, 6.45) is 1.36. The van der Waals surface area contributed by atoms with E-state index in [-0.39, 0.29) is 24.3 Å². The summed E-state index contributed by atoms with van der Waals surface area (Å²) in [5.74, 6) is 0.0508. The topological polar surface area (TPSA) is 52.7 Å². The highest BCUT2D eigenvalue weighted by molar-refractivity contribution is 5.98. The second-order valence-electron chi connectivity index (χ2n) is 7.90. The Bertz CT molecular complexity index is 790. The summed E-state index contributed by atoms with van der Waals surface area (Å²) >= 11 is 0. The molecule has 0 aromatic heterocycles. The van der Waals surface area contributed by atoms with Crippen molar-refractivity contribution in [2.45, 2.75) is 24.3 Å².